The van der Waals surface area contributed by atoms with Gasteiger partial charge in [-0.15, -0.1) is 0 Å². The van der Waals surface area contributed by atoms with Crippen LogP contribution in [0.15, 0.2) is 24.3 Å². The topological polar surface area (TPSA) is 49.8 Å². The predicted octanol–water partition coefficient (Wildman–Crippen LogP) is 4.57. The van der Waals surface area contributed by atoms with E-state index in [-0.39, 0.29) is 10.9 Å². The van der Waals surface area contributed by atoms with Gasteiger partial charge >= 0.3 is 0 Å². The fourth-order valence-electron chi connectivity index (χ4n) is 1.78. The molecule has 21 heavy (non-hydrogen) atoms. The number of halogens is 2. The predicted molar refractivity (Wildman–Crippen MR) is 85.0 cm³/mol. The molecule has 0 saturated heterocycles. The third kappa shape index (κ3) is 4.04. The fraction of sp³-hybridized carbons (Fsp3) is 0.333. The summed E-state index contributed by atoms with van der Waals surface area (Å²) >= 11 is 5.78. The van der Waals surface area contributed by atoms with Gasteiger partial charge in [-0.2, -0.15) is 0 Å². The Bertz CT molecular complexity index is 631. The molecule has 0 spiro atoms. The molecular weight excluding hydrogens is 291 g/mol. The number of aromatic nitrogens is 2. The first-order valence-corrected chi connectivity index (χ1v) is 7.22. The maximum Gasteiger partial charge on any atom is 0.141 e. The average Bonchev–Trinajstić information content (AvgIpc) is 2.43. The highest BCUT2D eigenvalue weighted by Gasteiger charge is 2.09. The maximum atomic E-state index is 13.2. The molecule has 0 radical (unpaired) electrons. The molecule has 0 atom stereocenters. The van der Waals surface area contributed by atoms with Crippen LogP contribution in [0.3, 0.4) is 0 Å². The molecule has 1 heterocycles. The van der Waals surface area contributed by atoms with E-state index in [1.54, 1.807) is 6.07 Å². The standard InChI is InChI=1S/C15H18ClFN4/c1-4-18-13-8-14(21-15(20-13)9(2)3)19-10-5-6-12(17)11(16)7-10/h5-9H,4H2,1-3H3,(H2,18,19,20,21). The van der Waals surface area contributed by atoms with Gasteiger partial charge in [0.05, 0.1) is 5.02 Å². The minimum atomic E-state index is -0.443. The van der Waals surface area contributed by atoms with Gasteiger partial charge in [0.25, 0.3) is 0 Å². The molecule has 1 aromatic carbocycles. The summed E-state index contributed by atoms with van der Waals surface area (Å²) in [4.78, 5) is 8.91. The van der Waals surface area contributed by atoms with E-state index >= 15 is 0 Å². The average molecular weight is 309 g/mol. The van der Waals surface area contributed by atoms with E-state index in [9.17, 15) is 4.39 Å². The molecule has 6 heteroatoms. The largest absolute Gasteiger partial charge is 0.370 e. The number of hydrogen-bond acceptors (Lipinski definition) is 4. The van der Waals surface area contributed by atoms with E-state index in [0.717, 1.165) is 18.2 Å². The molecular formula is C15H18ClFN4. The summed E-state index contributed by atoms with van der Waals surface area (Å²) in [7, 11) is 0. The zero-order valence-corrected chi connectivity index (χ0v) is 13.0. The van der Waals surface area contributed by atoms with Gasteiger partial charge < -0.3 is 10.6 Å². The summed E-state index contributed by atoms with van der Waals surface area (Å²) < 4.78 is 13.2. The molecule has 2 aromatic rings. The van der Waals surface area contributed by atoms with Crippen LogP contribution in [0.25, 0.3) is 0 Å². The smallest absolute Gasteiger partial charge is 0.141 e. The lowest BCUT2D eigenvalue weighted by molar-refractivity contribution is 0.628. The van der Waals surface area contributed by atoms with Crippen LogP contribution in [0.5, 0.6) is 0 Å². The highest BCUT2D eigenvalue weighted by molar-refractivity contribution is 6.31. The zero-order valence-electron chi connectivity index (χ0n) is 12.2. The number of nitrogens with one attached hydrogen (secondary N) is 2. The molecule has 0 aliphatic heterocycles. The molecule has 0 bridgehead atoms. The Balaban J connectivity index is 2.31. The van der Waals surface area contributed by atoms with E-state index in [1.807, 2.05) is 26.8 Å². The Labute approximate surface area is 128 Å². The van der Waals surface area contributed by atoms with Gasteiger partial charge in [-0.1, -0.05) is 25.4 Å². The van der Waals surface area contributed by atoms with Crippen molar-refractivity contribution in [2.24, 2.45) is 0 Å². The first kappa shape index (κ1) is 15.5. The van der Waals surface area contributed by atoms with Gasteiger partial charge in [-0.3, -0.25) is 0 Å². The molecule has 4 nitrogen and oxygen atoms in total. The summed E-state index contributed by atoms with van der Waals surface area (Å²) in [6, 6.07) is 6.28. The summed E-state index contributed by atoms with van der Waals surface area (Å²) in [5.74, 6) is 1.91. The second-order valence-corrected chi connectivity index (χ2v) is 5.34. The first-order valence-electron chi connectivity index (χ1n) is 6.84. The van der Waals surface area contributed by atoms with Crippen molar-refractivity contribution in [1.82, 2.24) is 9.97 Å². The Morgan fingerprint density at radius 1 is 1.19 bits per heavy atom. The van der Waals surface area contributed by atoms with E-state index in [4.69, 9.17) is 11.6 Å². The number of benzene rings is 1. The van der Waals surface area contributed by atoms with Gasteiger partial charge in [-0.25, -0.2) is 14.4 Å². The summed E-state index contributed by atoms with van der Waals surface area (Å²) in [6.45, 7) is 6.84. The Hall–Kier alpha value is -1.88. The number of hydrogen-bond donors (Lipinski definition) is 2. The van der Waals surface area contributed by atoms with Crippen molar-refractivity contribution in [2.45, 2.75) is 26.7 Å². The first-order chi connectivity index (χ1) is 9.99. The quantitative estimate of drug-likeness (QED) is 0.849. The van der Waals surface area contributed by atoms with Crippen molar-refractivity contribution in [2.75, 3.05) is 17.2 Å². The molecule has 2 N–H and O–H groups in total. The number of nitrogens with zero attached hydrogens (tertiary/aromatic N) is 2. The van der Waals surface area contributed by atoms with Crippen molar-refractivity contribution in [3.05, 3.63) is 40.9 Å². The molecule has 0 saturated carbocycles. The van der Waals surface area contributed by atoms with Crippen LogP contribution in [0.2, 0.25) is 5.02 Å². The Kier molecular flexibility index (Phi) is 4.96. The highest BCUT2D eigenvalue weighted by Crippen LogP contribution is 2.24. The van der Waals surface area contributed by atoms with Crippen LogP contribution in [-0.2, 0) is 0 Å². The number of rotatable bonds is 5. The molecule has 0 unspecified atom stereocenters. The lowest BCUT2D eigenvalue weighted by atomic mass is 10.2. The molecule has 0 fully saturated rings. The van der Waals surface area contributed by atoms with Crippen LogP contribution >= 0.6 is 11.6 Å². The second kappa shape index (κ2) is 6.72. The Morgan fingerprint density at radius 2 is 1.90 bits per heavy atom. The van der Waals surface area contributed by atoms with Gasteiger partial charge in [0.15, 0.2) is 0 Å². The van der Waals surface area contributed by atoms with Gasteiger partial charge in [0.1, 0.15) is 23.3 Å². The van der Waals surface area contributed by atoms with Crippen molar-refractivity contribution >= 4 is 28.9 Å². The summed E-state index contributed by atoms with van der Waals surface area (Å²) in [5.41, 5.74) is 0.678. The van der Waals surface area contributed by atoms with Crippen molar-refractivity contribution in [3.8, 4) is 0 Å². The minimum absolute atomic E-state index is 0.0741. The van der Waals surface area contributed by atoms with Gasteiger partial charge in [-0.05, 0) is 25.1 Å². The normalized spacial score (nSPS) is 10.8. The summed E-state index contributed by atoms with van der Waals surface area (Å²) in [6.07, 6.45) is 0. The van der Waals surface area contributed by atoms with Gasteiger partial charge in [0.2, 0.25) is 0 Å². The van der Waals surface area contributed by atoms with Crippen LogP contribution in [-0.4, -0.2) is 16.5 Å². The van der Waals surface area contributed by atoms with Crippen LogP contribution < -0.4 is 10.6 Å². The van der Waals surface area contributed by atoms with E-state index in [0.29, 0.717) is 11.5 Å². The highest BCUT2D eigenvalue weighted by atomic mass is 35.5. The van der Waals surface area contributed by atoms with E-state index < -0.39 is 5.82 Å². The van der Waals surface area contributed by atoms with E-state index in [2.05, 4.69) is 20.6 Å². The molecule has 0 amide bonds. The number of anilines is 3. The fourth-order valence-corrected chi connectivity index (χ4v) is 1.96. The SMILES string of the molecule is CCNc1cc(Nc2ccc(F)c(Cl)c2)nc(C(C)C)n1. The van der Waals surface area contributed by atoms with Crippen LogP contribution in [0.4, 0.5) is 21.7 Å². The lowest BCUT2D eigenvalue weighted by Gasteiger charge is -2.12. The third-order valence-electron chi connectivity index (χ3n) is 2.81. The summed E-state index contributed by atoms with van der Waals surface area (Å²) in [5, 5.41) is 6.37. The molecule has 0 aliphatic rings. The van der Waals surface area contributed by atoms with Crippen LogP contribution in [0.1, 0.15) is 32.5 Å². The monoisotopic (exact) mass is 308 g/mol. The zero-order chi connectivity index (χ0) is 15.4. The van der Waals surface area contributed by atoms with Crippen molar-refractivity contribution in [1.29, 1.82) is 0 Å². The molecule has 112 valence electrons. The van der Waals surface area contributed by atoms with E-state index in [1.165, 1.54) is 12.1 Å². The molecule has 1 aromatic heterocycles. The minimum Gasteiger partial charge on any atom is -0.370 e. The van der Waals surface area contributed by atoms with Crippen molar-refractivity contribution < 1.29 is 4.39 Å². The second-order valence-electron chi connectivity index (χ2n) is 4.94. The van der Waals surface area contributed by atoms with Gasteiger partial charge in [0, 0.05) is 24.2 Å². The third-order valence-corrected chi connectivity index (χ3v) is 3.10. The molecule has 2 rings (SSSR count). The maximum absolute atomic E-state index is 13.2. The molecule has 0 aliphatic carbocycles. The Morgan fingerprint density at radius 3 is 2.52 bits per heavy atom. The lowest BCUT2D eigenvalue weighted by Crippen LogP contribution is -2.07. The van der Waals surface area contributed by atoms with Crippen LogP contribution in [0, 0.1) is 5.82 Å². The van der Waals surface area contributed by atoms with Crippen molar-refractivity contribution in [3.63, 3.8) is 0 Å².